The van der Waals surface area contributed by atoms with Gasteiger partial charge in [-0.1, -0.05) is 6.92 Å². The Bertz CT molecular complexity index is 1010. The van der Waals surface area contributed by atoms with Crippen molar-refractivity contribution in [1.82, 2.24) is 14.9 Å². The second-order valence-corrected chi connectivity index (χ2v) is 7.84. The first-order chi connectivity index (χ1) is 13.5. The molecule has 2 aromatic rings. The van der Waals surface area contributed by atoms with Gasteiger partial charge in [0.25, 0.3) is 5.56 Å². The fourth-order valence-corrected chi connectivity index (χ4v) is 4.40. The highest BCUT2D eigenvalue weighted by atomic mass is 19.1. The SMILES string of the molecule is CCN[C@H](C)C1CCN(c2c(F)cc3c(=O)[nH]c(=O)n(C4CC4)c3c2OC)C1. The third kappa shape index (κ3) is 3.09. The molecular weight excluding hydrogens is 363 g/mol. The van der Waals surface area contributed by atoms with Crippen LogP contribution in [0.15, 0.2) is 15.7 Å². The number of aromatic amines is 1. The van der Waals surface area contributed by atoms with E-state index >= 15 is 4.39 Å². The minimum absolute atomic E-state index is 0.0270. The summed E-state index contributed by atoms with van der Waals surface area (Å²) in [4.78, 5) is 29.1. The number of anilines is 1. The van der Waals surface area contributed by atoms with Crippen molar-refractivity contribution >= 4 is 16.6 Å². The van der Waals surface area contributed by atoms with E-state index in [-0.39, 0.29) is 17.2 Å². The number of nitrogens with zero attached hydrogens (tertiary/aromatic N) is 2. The van der Waals surface area contributed by atoms with Crippen LogP contribution in [0.2, 0.25) is 0 Å². The number of rotatable bonds is 6. The molecule has 1 aromatic heterocycles. The maximum Gasteiger partial charge on any atom is 0.329 e. The van der Waals surface area contributed by atoms with Gasteiger partial charge in [0.15, 0.2) is 11.6 Å². The summed E-state index contributed by atoms with van der Waals surface area (Å²) in [5, 5.41) is 3.59. The van der Waals surface area contributed by atoms with Crippen molar-refractivity contribution in [2.75, 3.05) is 31.6 Å². The number of aromatic nitrogens is 2. The van der Waals surface area contributed by atoms with E-state index in [0.717, 1.165) is 25.8 Å². The Morgan fingerprint density at radius 1 is 1.36 bits per heavy atom. The fourth-order valence-electron chi connectivity index (χ4n) is 4.40. The van der Waals surface area contributed by atoms with Gasteiger partial charge in [-0.2, -0.15) is 0 Å². The van der Waals surface area contributed by atoms with E-state index in [4.69, 9.17) is 4.74 Å². The van der Waals surface area contributed by atoms with Crippen molar-refractivity contribution in [2.24, 2.45) is 5.92 Å². The molecule has 28 heavy (non-hydrogen) atoms. The zero-order chi connectivity index (χ0) is 20.0. The fraction of sp³-hybridized carbons (Fsp3) is 0.600. The molecule has 2 fully saturated rings. The zero-order valence-electron chi connectivity index (χ0n) is 16.5. The smallest absolute Gasteiger partial charge is 0.329 e. The number of methoxy groups -OCH3 is 1. The van der Waals surface area contributed by atoms with Crippen LogP contribution in [-0.4, -0.2) is 42.3 Å². The molecule has 4 rings (SSSR count). The zero-order valence-corrected chi connectivity index (χ0v) is 16.5. The maximum absolute atomic E-state index is 15.1. The topological polar surface area (TPSA) is 79.4 Å². The average Bonchev–Trinajstić information content (AvgIpc) is 3.37. The van der Waals surface area contributed by atoms with E-state index in [1.165, 1.54) is 13.2 Å². The van der Waals surface area contributed by atoms with Gasteiger partial charge >= 0.3 is 5.69 Å². The number of ether oxygens (including phenoxy) is 1. The van der Waals surface area contributed by atoms with Crippen LogP contribution < -0.4 is 26.2 Å². The Labute approximate surface area is 162 Å². The first-order valence-corrected chi connectivity index (χ1v) is 9.99. The van der Waals surface area contributed by atoms with Crippen LogP contribution in [0, 0.1) is 11.7 Å². The van der Waals surface area contributed by atoms with Crippen LogP contribution in [0.3, 0.4) is 0 Å². The van der Waals surface area contributed by atoms with Crippen molar-refractivity contribution < 1.29 is 9.13 Å². The van der Waals surface area contributed by atoms with E-state index < -0.39 is 17.1 Å². The molecule has 2 N–H and O–H groups in total. The molecule has 8 heteroatoms. The summed E-state index contributed by atoms with van der Waals surface area (Å²) in [6.45, 7) is 6.52. The maximum atomic E-state index is 15.1. The van der Waals surface area contributed by atoms with Gasteiger partial charge in [-0.25, -0.2) is 9.18 Å². The molecule has 1 saturated heterocycles. The van der Waals surface area contributed by atoms with Crippen molar-refractivity contribution in [3.05, 3.63) is 32.7 Å². The van der Waals surface area contributed by atoms with Crippen molar-refractivity contribution in [1.29, 1.82) is 0 Å². The molecule has 7 nitrogen and oxygen atoms in total. The quantitative estimate of drug-likeness (QED) is 0.789. The Balaban J connectivity index is 1.86. The highest BCUT2D eigenvalue weighted by Crippen LogP contribution is 2.43. The molecule has 152 valence electrons. The number of nitrogens with one attached hydrogen (secondary N) is 2. The molecule has 1 saturated carbocycles. The summed E-state index contributed by atoms with van der Waals surface area (Å²) in [5.74, 6) is 0.180. The van der Waals surface area contributed by atoms with Crippen LogP contribution in [0.5, 0.6) is 5.75 Å². The molecule has 1 unspecified atom stereocenters. The average molecular weight is 390 g/mol. The van der Waals surface area contributed by atoms with Gasteiger partial charge in [0.05, 0.1) is 12.5 Å². The summed E-state index contributed by atoms with van der Waals surface area (Å²) in [5.41, 5.74) is -0.296. The first kappa shape index (κ1) is 19.0. The molecular formula is C20H27FN4O3. The second kappa shape index (κ2) is 7.24. The number of H-pyrrole nitrogens is 1. The normalized spacial score (nSPS) is 20.7. The van der Waals surface area contributed by atoms with Gasteiger partial charge in [0.1, 0.15) is 11.2 Å². The predicted molar refractivity (Wildman–Crippen MR) is 107 cm³/mol. The summed E-state index contributed by atoms with van der Waals surface area (Å²) < 4.78 is 22.3. The van der Waals surface area contributed by atoms with Crippen LogP contribution in [-0.2, 0) is 0 Å². The third-order valence-corrected chi connectivity index (χ3v) is 6.00. The molecule has 1 aliphatic heterocycles. The van der Waals surface area contributed by atoms with Crippen LogP contribution >= 0.6 is 0 Å². The molecule has 0 bridgehead atoms. The second-order valence-electron chi connectivity index (χ2n) is 7.84. The molecule has 2 heterocycles. The minimum atomic E-state index is -0.583. The standard InChI is InChI=1S/C20H27FN4O3/c1-4-22-11(2)12-7-8-24(10-12)17-15(21)9-14-16(18(17)28-3)25(13-5-6-13)20(27)23-19(14)26/h9,11-13,22H,4-8,10H2,1-3H3,(H,23,26,27)/t11-,12?/m1/s1. The largest absolute Gasteiger partial charge is 0.492 e. The van der Waals surface area contributed by atoms with Gasteiger partial charge < -0.3 is 15.0 Å². The monoisotopic (exact) mass is 390 g/mol. The minimum Gasteiger partial charge on any atom is -0.492 e. The third-order valence-electron chi connectivity index (χ3n) is 6.00. The number of halogens is 1. The van der Waals surface area contributed by atoms with Gasteiger partial charge in [-0.05, 0) is 44.7 Å². The summed E-state index contributed by atoms with van der Waals surface area (Å²) in [6, 6.07) is 1.60. The van der Waals surface area contributed by atoms with Gasteiger partial charge in [-0.15, -0.1) is 0 Å². The van der Waals surface area contributed by atoms with Crippen molar-refractivity contribution in [2.45, 2.75) is 45.2 Å². The Morgan fingerprint density at radius 2 is 2.11 bits per heavy atom. The van der Waals surface area contributed by atoms with E-state index in [2.05, 4.69) is 24.1 Å². The lowest BCUT2D eigenvalue weighted by Gasteiger charge is -2.25. The summed E-state index contributed by atoms with van der Waals surface area (Å²) in [6.07, 6.45) is 2.67. The Morgan fingerprint density at radius 3 is 2.75 bits per heavy atom. The van der Waals surface area contributed by atoms with Crippen molar-refractivity contribution in [3.8, 4) is 5.75 Å². The Kier molecular flexibility index (Phi) is 4.91. The van der Waals surface area contributed by atoms with Crippen LogP contribution in [0.1, 0.15) is 39.2 Å². The highest BCUT2D eigenvalue weighted by Gasteiger charge is 2.34. The summed E-state index contributed by atoms with van der Waals surface area (Å²) >= 11 is 0. The lowest BCUT2D eigenvalue weighted by atomic mass is 10.0. The molecule has 0 spiro atoms. The van der Waals surface area contributed by atoms with Crippen LogP contribution in [0.25, 0.3) is 10.9 Å². The molecule has 2 atom stereocenters. The number of fused-ring (bicyclic) bond motifs is 1. The van der Waals surface area contributed by atoms with Gasteiger partial charge in [-0.3, -0.25) is 14.3 Å². The number of hydrogen-bond acceptors (Lipinski definition) is 5. The first-order valence-electron chi connectivity index (χ1n) is 9.99. The highest BCUT2D eigenvalue weighted by molar-refractivity contribution is 5.91. The molecule has 2 aliphatic rings. The molecule has 1 aromatic carbocycles. The van der Waals surface area contributed by atoms with E-state index in [0.29, 0.717) is 36.3 Å². The van der Waals surface area contributed by atoms with E-state index in [1.807, 2.05) is 4.90 Å². The number of benzene rings is 1. The van der Waals surface area contributed by atoms with E-state index in [1.54, 1.807) is 4.57 Å². The summed E-state index contributed by atoms with van der Waals surface area (Å²) in [7, 11) is 1.47. The predicted octanol–water partition coefficient (Wildman–Crippen LogP) is 2.00. The lowest BCUT2D eigenvalue weighted by Crippen LogP contribution is -2.35. The molecule has 0 radical (unpaired) electrons. The molecule has 0 amide bonds. The van der Waals surface area contributed by atoms with Gasteiger partial charge in [0, 0.05) is 25.2 Å². The molecule has 1 aliphatic carbocycles. The van der Waals surface area contributed by atoms with Crippen LogP contribution in [0.4, 0.5) is 10.1 Å². The Hall–Kier alpha value is -2.35. The van der Waals surface area contributed by atoms with Gasteiger partial charge in [0.2, 0.25) is 0 Å². The number of hydrogen-bond donors (Lipinski definition) is 2. The van der Waals surface area contributed by atoms with Crippen molar-refractivity contribution in [3.63, 3.8) is 0 Å². The lowest BCUT2D eigenvalue weighted by molar-refractivity contribution is 0.405. The van der Waals surface area contributed by atoms with E-state index in [9.17, 15) is 9.59 Å².